The van der Waals surface area contributed by atoms with Crippen molar-refractivity contribution >= 4 is 29.2 Å². The molecule has 1 fully saturated rings. The molecule has 0 spiro atoms. The summed E-state index contributed by atoms with van der Waals surface area (Å²) in [6.45, 7) is 6.03. The van der Waals surface area contributed by atoms with E-state index in [4.69, 9.17) is 4.74 Å². The summed E-state index contributed by atoms with van der Waals surface area (Å²) in [6, 6.07) is 17.0. The Kier molecular flexibility index (Phi) is 7.23. The van der Waals surface area contributed by atoms with Gasteiger partial charge in [0.1, 0.15) is 5.75 Å². The van der Waals surface area contributed by atoms with Gasteiger partial charge in [-0.15, -0.1) is 0 Å². The van der Waals surface area contributed by atoms with E-state index >= 15 is 0 Å². The highest BCUT2D eigenvalue weighted by Crippen LogP contribution is 2.38. The molecule has 1 aliphatic heterocycles. The van der Waals surface area contributed by atoms with E-state index < -0.39 is 11.6 Å². The molecule has 0 bridgehead atoms. The number of benzene rings is 2. The number of nitrogens with zero attached hydrogens (tertiary/aromatic N) is 3. The molecule has 10 heteroatoms. The zero-order valence-corrected chi connectivity index (χ0v) is 20.1. The Morgan fingerprint density at radius 3 is 2.51 bits per heavy atom. The first-order valence-electron chi connectivity index (χ1n) is 10.9. The summed E-state index contributed by atoms with van der Waals surface area (Å²) in [7, 11) is 0. The van der Waals surface area contributed by atoms with E-state index in [0.29, 0.717) is 31.2 Å². The normalized spacial score (nSPS) is 15.7. The summed E-state index contributed by atoms with van der Waals surface area (Å²) < 4.78 is 43.2. The van der Waals surface area contributed by atoms with E-state index in [0.717, 1.165) is 11.3 Å². The molecule has 2 heterocycles. The Bertz CT molecular complexity index is 1160. The Labute approximate surface area is 206 Å². The topological polar surface area (TPSA) is 57.7 Å². The van der Waals surface area contributed by atoms with Crippen molar-refractivity contribution in [3.05, 3.63) is 78.6 Å². The van der Waals surface area contributed by atoms with Crippen LogP contribution in [0.5, 0.6) is 5.75 Å². The number of aromatic nitrogens is 1. The summed E-state index contributed by atoms with van der Waals surface area (Å²) in [5.74, 6) is 0.436. The van der Waals surface area contributed by atoms with Crippen molar-refractivity contribution in [1.29, 1.82) is 0 Å². The van der Waals surface area contributed by atoms with E-state index in [-0.39, 0.29) is 22.2 Å². The molecule has 6 nitrogen and oxygen atoms in total. The molecule has 0 aliphatic carbocycles. The van der Waals surface area contributed by atoms with Gasteiger partial charge in [-0.2, -0.15) is 13.2 Å². The maximum absolute atomic E-state index is 12.6. The molecule has 1 aromatic heterocycles. The molecule has 0 saturated carbocycles. The maximum atomic E-state index is 12.6. The zero-order chi connectivity index (χ0) is 25.1. The minimum Gasteiger partial charge on any atom is -0.410 e. The van der Waals surface area contributed by atoms with Gasteiger partial charge in [0.15, 0.2) is 0 Å². The number of nitrogens with one attached hydrogen (secondary N) is 1. The van der Waals surface area contributed by atoms with Gasteiger partial charge in [-0.3, -0.25) is 15.2 Å². The first-order chi connectivity index (χ1) is 16.6. The zero-order valence-electron chi connectivity index (χ0n) is 19.2. The Balaban J connectivity index is 1.43. The van der Waals surface area contributed by atoms with Gasteiger partial charge in [-0.25, -0.2) is 4.79 Å². The van der Waals surface area contributed by atoms with Crippen LogP contribution in [0.2, 0.25) is 0 Å². The number of carbonyl (C=O) groups is 1. The molecule has 1 saturated heterocycles. The maximum Gasteiger partial charge on any atom is 0.446 e. The van der Waals surface area contributed by atoms with E-state index in [2.05, 4.69) is 33.9 Å². The molecular formula is C25H25F3N4O2S. The monoisotopic (exact) mass is 502 g/mol. The lowest BCUT2D eigenvalue weighted by Gasteiger charge is -2.30. The number of carbonyl (C=O) groups excluding carboxylic acids is 1. The van der Waals surface area contributed by atoms with E-state index in [9.17, 15) is 18.0 Å². The van der Waals surface area contributed by atoms with Crippen molar-refractivity contribution in [2.24, 2.45) is 0 Å². The average Bonchev–Trinajstić information content (AvgIpc) is 3.09. The number of amides is 1. The summed E-state index contributed by atoms with van der Waals surface area (Å²) in [4.78, 5) is 21.1. The number of hydrogen-bond donors (Lipinski definition) is 1. The molecular weight excluding hydrogens is 477 g/mol. The number of halogens is 3. The van der Waals surface area contributed by atoms with Gasteiger partial charge in [0.25, 0.3) is 0 Å². The van der Waals surface area contributed by atoms with Gasteiger partial charge in [0.05, 0.1) is 18.6 Å². The van der Waals surface area contributed by atoms with Gasteiger partial charge in [-0.1, -0.05) is 18.2 Å². The summed E-state index contributed by atoms with van der Waals surface area (Å²) in [5.41, 5.74) is -2.25. The van der Waals surface area contributed by atoms with E-state index in [1.807, 2.05) is 12.1 Å². The Morgan fingerprint density at radius 1 is 1.11 bits per heavy atom. The number of ether oxygens (including phenoxy) is 1. The van der Waals surface area contributed by atoms with Crippen LogP contribution in [0.15, 0.2) is 78.0 Å². The number of pyridine rings is 1. The third kappa shape index (κ3) is 6.67. The first kappa shape index (κ1) is 24.9. The highest BCUT2D eigenvalue weighted by Gasteiger charge is 2.37. The quantitative estimate of drug-likeness (QED) is 0.396. The molecule has 0 unspecified atom stereocenters. The van der Waals surface area contributed by atoms with Crippen LogP contribution in [0.4, 0.5) is 29.3 Å². The number of alkyl halides is 3. The van der Waals surface area contributed by atoms with E-state index in [1.54, 1.807) is 48.8 Å². The smallest absolute Gasteiger partial charge is 0.410 e. The van der Waals surface area contributed by atoms with Crippen LogP contribution >= 0.6 is 11.8 Å². The molecule has 1 N–H and O–H groups in total. The highest BCUT2D eigenvalue weighted by atomic mass is 32.2. The SMILES string of the molecule is CC1(C)CN(c2ccc(SC(F)(F)F)cc2)CN1Cc1ccncc1NC(=O)Oc1ccccc1. The molecule has 1 amide bonds. The van der Waals surface area contributed by atoms with Crippen molar-refractivity contribution in [3.63, 3.8) is 0 Å². The van der Waals surface area contributed by atoms with Crippen LogP contribution in [-0.2, 0) is 6.54 Å². The van der Waals surface area contributed by atoms with Gasteiger partial charge in [0, 0.05) is 35.4 Å². The Hall–Kier alpha value is -3.24. The van der Waals surface area contributed by atoms with Crippen molar-refractivity contribution in [3.8, 4) is 5.75 Å². The van der Waals surface area contributed by atoms with Gasteiger partial charge < -0.3 is 9.64 Å². The molecule has 35 heavy (non-hydrogen) atoms. The number of hydrogen-bond acceptors (Lipinski definition) is 6. The molecule has 1 aliphatic rings. The lowest BCUT2D eigenvalue weighted by Crippen LogP contribution is -2.39. The average molecular weight is 503 g/mol. The highest BCUT2D eigenvalue weighted by molar-refractivity contribution is 8.00. The van der Waals surface area contributed by atoms with Crippen LogP contribution in [-0.4, -0.2) is 40.2 Å². The van der Waals surface area contributed by atoms with Crippen LogP contribution in [0.25, 0.3) is 0 Å². The lowest BCUT2D eigenvalue weighted by molar-refractivity contribution is -0.0328. The second kappa shape index (κ2) is 10.2. The van der Waals surface area contributed by atoms with E-state index in [1.165, 1.54) is 12.1 Å². The largest absolute Gasteiger partial charge is 0.446 e. The van der Waals surface area contributed by atoms with Gasteiger partial charge in [-0.05, 0) is 73.6 Å². The molecule has 3 aromatic rings. The van der Waals surface area contributed by atoms with Crippen molar-refractivity contribution in [1.82, 2.24) is 9.88 Å². The minimum absolute atomic E-state index is 0.119. The molecule has 184 valence electrons. The van der Waals surface area contributed by atoms with Crippen LogP contribution in [0.1, 0.15) is 19.4 Å². The number of rotatable bonds is 6. The fraction of sp³-hybridized carbons (Fsp3) is 0.280. The predicted molar refractivity (Wildman–Crippen MR) is 131 cm³/mol. The second-order valence-electron chi connectivity index (χ2n) is 8.75. The number of para-hydroxylation sites is 1. The summed E-state index contributed by atoms with van der Waals surface area (Å²) >= 11 is -0.119. The summed E-state index contributed by atoms with van der Waals surface area (Å²) in [6.07, 6.45) is 2.64. The standard InChI is InChI=1S/C25H25F3N4O2S/c1-24(2)16-31(19-8-10-21(11-9-19)35-25(26,27)28)17-32(24)15-18-12-13-29-14-22(18)30-23(33)34-20-6-4-3-5-7-20/h3-14H,15-17H2,1-2H3,(H,30,33). The van der Waals surface area contributed by atoms with Crippen molar-refractivity contribution in [2.45, 2.75) is 36.3 Å². The second-order valence-corrected chi connectivity index (χ2v) is 9.89. The molecule has 0 radical (unpaired) electrons. The first-order valence-corrected chi connectivity index (χ1v) is 11.7. The predicted octanol–water partition coefficient (Wildman–Crippen LogP) is 6.36. The number of thioether (sulfide) groups is 1. The lowest BCUT2D eigenvalue weighted by atomic mass is 10.0. The minimum atomic E-state index is -4.31. The van der Waals surface area contributed by atoms with Crippen LogP contribution in [0.3, 0.4) is 0 Å². The number of anilines is 2. The molecule has 0 atom stereocenters. The van der Waals surface area contributed by atoms with Crippen molar-refractivity contribution in [2.75, 3.05) is 23.4 Å². The third-order valence-electron chi connectivity index (χ3n) is 5.67. The Morgan fingerprint density at radius 2 is 1.83 bits per heavy atom. The molecule has 4 rings (SSSR count). The fourth-order valence-electron chi connectivity index (χ4n) is 3.92. The van der Waals surface area contributed by atoms with Crippen LogP contribution < -0.4 is 15.0 Å². The summed E-state index contributed by atoms with van der Waals surface area (Å²) in [5, 5.41) is 2.77. The van der Waals surface area contributed by atoms with Gasteiger partial charge in [0.2, 0.25) is 0 Å². The van der Waals surface area contributed by atoms with Crippen molar-refractivity contribution < 1.29 is 22.7 Å². The molecule has 2 aromatic carbocycles. The fourth-order valence-corrected chi connectivity index (χ4v) is 4.46. The van der Waals surface area contributed by atoms with Crippen LogP contribution in [0, 0.1) is 0 Å². The third-order valence-corrected chi connectivity index (χ3v) is 6.41. The van der Waals surface area contributed by atoms with Gasteiger partial charge >= 0.3 is 11.6 Å².